The van der Waals surface area contributed by atoms with Crippen LogP contribution in [0.3, 0.4) is 0 Å². The summed E-state index contributed by atoms with van der Waals surface area (Å²) in [6.07, 6.45) is -2.15. The molecule has 32 heavy (non-hydrogen) atoms. The Balaban J connectivity index is 1.72. The third-order valence-electron chi connectivity index (χ3n) is 5.95. The Morgan fingerprint density at radius 1 is 1.12 bits per heavy atom. The summed E-state index contributed by atoms with van der Waals surface area (Å²) in [7, 11) is 0. The summed E-state index contributed by atoms with van der Waals surface area (Å²) in [5.41, 5.74) is 1.50. The van der Waals surface area contributed by atoms with Gasteiger partial charge >= 0.3 is 6.18 Å². The maximum atomic E-state index is 13.0. The van der Waals surface area contributed by atoms with E-state index < -0.39 is 22.4 Å². The van der Waals surface area contributed by atoms with Gasteiger partial charge in [-0.1, -0.05) is 32.0 Å². The normalized spacial score (nSPS) is 15.0. The zero-order chi connectivity index (χ0) is 23.5. The highest BCUT2D eigenvalue weighted by Crippen LogP contribution is 2.38. The van der Waals surface area contributed by atoms with Crippen LogP contribution in [-0.4, -0.2) is 23.9 Å². The van der Waals surface area contributed by atoms with E-state index in [1.165, 1.54) is 0 Å². The molecule has 0 spiro atoms. The van der Waals surface area contributed by atoms with E-state index in [2.05, 4.69) is 5.32 Å². The molecular formula is C23H26F3N3O3. The van der Waals surface area contributed by atoms with Gasteiger partial charge in [-0.2, -0.15) is 13.2 Å². The predicted molar refractivity (Wildman–Crippen MR) is 117 cm³/mol. The molecule has 0 aliphatic carbocycles. The zero-order valence-corrected chi connectivity index (χ0v) is 18.0. The monoisotopic (exact) mass is 449 g/mol. The maximum absolute atomic E-state index is 13.0. The lowest BCUT2D eigenvalue weighted by molar-refractivity contribution is -0.384. The fourth-order valence-corrected chi connectivity index (χ4v) is 4.12. The Morgan fingerprint density at radius 2 is 1.72 bits per heavy atom. The number of anilines is 2. The number of aryl methyl sites for hydroxylation is 2. The van der Waals surface area contributed by atoms with E-state index in [0.717, 1.165) is 41.8 Å². The summed E-state index contributed by atoms with van der Waals surface area (Å²) >= 11 is 0. The first-order valence-electron chi connectivity index (χ1n) is 10.7. The van der Waals surface area contributed by atoms with Crippen LogP contribution < -0.4 is 10.2 Å². The summed E-state index contributed by atoms with van der Waals surface area (Å²) in [6.45, 7) is 4.75. The maximum Gasteiger partial charge on any atom is 0.416 e. The molecule has 2 aromatic rings. The molecule has 0 unspecified atom stereocenters. The van der Waals surface area contributed by atoms with Crippen molar-refractivity contribution >= 4 is 23.0 Å². The van der Waals surface area contributed by atoms with Crippen LogP contribution in [0.25, 0.3) is 0 Å². The van der Waals surface area contributed by atoms with Gasteiger partial charge in [0.2, 0.25) is 5.91 Å². The second-order valence-electron chi connectivity index (χ2n) is 7.87. The summed E-state index contributed by atoms with van der Waals surface area (Å²) < 4.78 is 38.9. The van der Waals surface area contributed by atoms with Crippen LogP contribution in [0.4, 0.5) is 30.2 Å². The number of hydrogen-bond donors (Lipinski definition) is 1. The van der Waals surface area contributed by atoms with Crippen LogP contribution in [0.2, 0.25) is 0 Å². The molecule has 0 aromatic heterocycles. The first kappa shape index (κ1) is 23.6. The molecule has 0 radical (unpaired) electrons. The number of para-hydroxylation sites is 1. The Labute approximate surface area is 184 Å². The van der Waals surface area contributed by atoms with Gasteiger partial charge in [-0.05, 0) is 48.9 Å². The molecule has 1 aliphatic heterocycles. The first-order valence-corrected chi connectivity index (χ1v) is 10.7. The number of rotatable bonds is 6. The van der Waals surface area contributed by atoms with Crippen molar-refractivity contribution in [2.45, 2.75) is 45.7 Å². The Hall–Kier alpha value is -3.10. The number of piperidine rings is 1. The van der Waals surface area contributed by atoms with Gasteiger partial charge in [-0.15, -0.1) is 0 Å². The van der Waals surface area contributed by atoms with Gasteiger partial charge in [0, 0.05) is 30.8 Å². The predicted octanol–water partition coefficient (Wildman–Crippen LogP) is 5.59. The molecule has 172 valence electrons. The van der Waals surface area contributed by atoms with Gasteiger partial charge < -0.3 is 10.2 Å². The van der Waals surface area contributed by atoms with Gasteiger partial charge in [0.1, 0.15) is 5.69 Å². The third-order valence-corrected chi connectivity index (χ3v) is 5.95. The van der Waals surface area contributed by atoms with Crippen LogP contribution in [-0.2, 0) is 23.8 Å². The van der Waals surface area contributed by atoms with Crippen LogP contribution in [0.5, 0.6) is 0 Å². The Kier molecular flexibility index (Phi) is 7.06. The van der Waals surface area contributed by atoms with Crippen molar-refractivity contribution in [3.63, 3.8) is 0 Å². The quantitative estimate of drug-likeness (QED) is 0.461. The van der Waals surface area contributed by atoms with Crippen LogP contribution >= 0.6 is 0 Å². The summed E-state index contributed by atoms with van der Waals surface area (Å²) in [6, 6.07) is 8.52. The van der Waals surface area contributed by atoms with Crippen molar-refractivity contribution in [1.82, 2.24) is 0 Å². The number of nitro groups is 1. The van der Waals surface area contributed by atoms with E-state index >= 15 is 0 Å². The smallest absolute Gasteiger partial charge is 0.366 e. The second kappa shape index (κ2) is 9.58. The lowest BCUT2D eigenvalue weighted by atomic mass is 9.94. The molecule has 1 heterocycles. The molecule has 6 nitrogen and oxygen atoms in total. The lowest BCUT2D eigenvalue weighted by Gasteiger charge is -2.33. The molecular weight excluding hydrogens is 423 g/mol. The minimum atomic E-state index is -4.65. The van der Waals surface area contributed by atoms with E-state index in [1.807, 2.05) is 32.0 Å². The lowest BCUT2D eigenvalue weighted by Crippen LogP contribution is -2.38. The number of halogens is 3. The fourth-order valence-electron chi connectivity index (χ4n) is 4.12. The number of carbonyl (C=O) groups is 1. The largest absolute Gasteiger partial charge is 0.416 e. The van der Waals surface area contributed by atoms with Crippen LogP contribution in [0.1, 0.15) is 43.4 Å². The number of nitrogens with zero attached hydrogens (tertiary/aromatic N) is 2. The highest BCUT2D eigenvalue weighted by atomic mass is 19.4. The van der Waals surface area contributed by atoms with Crippen molar-refractivity contribution in [3.8, 4) is 0 Å². The highest BCUT2D eigenvalue weighted by Gasteiger charge is 2.35. The summed E-state index contributed by atoms with van der Waals surface area (Å²) in [5.74, 6) is -0.364. The molecule has 1 aliphatic rings. The minimum Gasteiger partial charge on any atom is -0.366 e. The van der Waals surface area contributed by atoms with Gasteiger partial charge in [0.15, 0.2) is 0 Å². The van der Waals surface area contributed by atoms with E-state index in [0.29, 0.717) is 32.0 Å². The van der Waals surface area contributed by atoms with Crippen LogP contribution in [0.15, 0.2) is 36.4 Å². The average Bonchev–Trinajstić information content (AvgIpc) is 2.78. The van der Waals surface area contributed by atoms with Crippen molar-refractivity contribution < 1.29 is 22.9 Å². The van der Waals surface area contributed by atoms with Crippen molar-refractivity contribution in [2.75, 3.05) is 23.3 Å². The zero-order valence-electron chi connectivity index (χ0n) is 18.0. The molecule has 0 bridgehead atoms. The molecule has 1 amide bonds. The summed E-state index contributed by atoms with van der Waals surface area (Å²) in [4.78, 5) is 25.2. The molecule has 3 rings (SSSR count). The molecule has 1 N–H and O–H groups in total. The number of benzene rings is 2. The fraction of sp³-hybridized carbons (Fsp3) is 0.435. The second-order valence-corrected chi connectivity index (χ2v) is 7.87. The molecule has 0 atom stereocenters. The number of amides is 1. The first-order chi connectivity index (χ1) is 15.2. The molecule has 1 saturated heterocycles. The minimum absolute atomic E-state index is 0.0952. The summed E-state index contributed by atoms with van der Waals surface area (Å²) in [5, 5.41) is 14.5. The van der Waals surface area contributed by atoms with Crippen molar-refractivity contribution in [2.24, 2.45) is 5.92 Å². The number of alkyl halides is 3. The van der Waals surface area contributed by atoms with E-state index in [4.69, 9.17) is 0 Å². The van der Waals surface area contributed by atoms with Gasteiger partial charge in [0.05, 0.1) is 10.5 Å². The molecule has 9 heteroatoms. The number of hydrogen-bond acceptors (Lipinski definition) is 4. The van der Waals surface area contributed by atoms with Crippen molar-refractivity contribution in [3.05, 3.63) is 63.2 Å². The Morgan fingerprint density at radius 3 is 2.22 bits per heavy atom. The van der Waals surface area contributed by atoms with E-state index in [1.54, 1.807) is 4.90 Å². The molecule has 1 fully saturated rings. The van der Waals surface area contributed by atoms with E-state index in [9.17, 15) is 28.1 Å². The van der Waals surface area contributed by atoms with Crippen molar-refractivity contribution in [1.29, 1.82) is 0 Å². The van der Waals surface area contributed by atoms with Gasteiger partial charge in [-0.25, -0.2) is 0 Å². The van der Waals surface area contributed by atoms with Crippen LogP contribution in [0, 0.1) is 16.0 Å². The standard InChI is InChI=1S/C23H26F3N3O3/c1-3-15-6-5-7-16(4-2)21(15)27-22(30)17-10-12-28(13-11-17)19-9-8-18(23(24,25)26)14-20(19)29(31)32/h5-9,14,17H,3-4,10-13H2,1-2H3,(H,27,30). The van der Waals surface area contributed by atoms with Gasteiger partial charge in [0.25, 0.3) is 5.69 Å². The molecule has 2 aromatic carbocycles. The number of nitro benzene ring substituents is 1. The Bertz CT molecular complexity index is 977. The topological polar surface area (TPSA) is 75.5 Å². The third kappa shape index (κ3) is 5.03. The van der Waals surface area contributed by atoms with E-state index in [-0.39, 0.29) is 17.5 Å². The average molecular weight is 449 g/mol. The number of carbonyl (C=O) groups excluding carboxylic acids is 1. The SMILES string of the molecule is CCc1cccc(CC)c1NC(=O)C1CCN(c2ccc(C(F)(F)F)cc2[N+](=O)[O-])CC1. The highest BCUT2D eigenvalue weighted by molar-refractivity contribution is 5.94. The van der Waals surface area contributed by atoms with Gasteiger partial charge in [-0.3, -0.25) is 14.9 Å². The number of nitrogens with one attached hydrogen (secondary N) is 1. The molecule has 0 saturated carbocycles.